The van der Waals surface area contributed by atoms with Crippen LogP contribution < -0.4 is 4.90 Å². The molecule has 1 aliphatic heterocycles. The van der Waals surface area contributed by atoms with Gasteiger partial charge in [0, 0.05) is 50.8 Å². The van der Waals surface area contributed by atoms with Crippen molar-refractivity contribution in [3.8, 4) is 11.5 Å². The van der Waals surface area contributed by atoms with Gasteiger partial charge in [-0.05, 0) is 30.7 Å². The lowest BCUT2D eigenvalue weighted by molar-refractivity contribution is -0.128. The molecule has 28 heavy (non-hydrogen) atoms. The van der Waals surface area contributed by atoms with Gasteiger partial charge >= 0.3 is 0 Å². The lowest BCUT2D eigenvalue weighted by atomic mass is 10.1. The minimum absolute atomic E-state index is 0.0353. The van der Waals surface area contributed by atoms with E-state index in [9.17, 15) is 4.79 Å². The van der Waals surface area contributed by atoms with Crippen molar-refractivity contribution < 1.29 is 9.32 Å². The van der Waals surface area contributed by atoms with Crippen molar-refractivity contribution in [3.63, 3.8) is 0 Å². The van der Waals surface area contributed by atoms with E-state index in [0.717, 1.165) is 16.8 Å². The molecule has 0 aliphatic carbocycles. The molecule has 1 aliphatic rings. The Morgan fingerprint density at radius 2 is 2.00 bits per heavy atom. The number of aryl methyl sites for hydroxylation is 1. The van der Waals surface area contributed by atoms with E-state index in [1.807, 2.05) is 54.2 Å². The number of benzene rings is 2. The van der Waals surface area contributed by atoms with Gasteiger partial charge in [0.1, 0.15) is 0 Å². The highest BCUT2D eigenvalue weighted by molar-refractivity contribution is 5.79. The van der Waals surface area contributed by atoms with Crippen molar-refractivity contribution in [2.24, 2.45) is 0 Å². The molecule has 1 atom stereocenters. The number of anilines is 1. The first-order valence-corrected chi connectivity index (χ1v) is 9.44. The third kappa shape index (κ3) is 3.76. The van der Waals surface area contributed by atoms with Crippen molar-refractivity contribution in [2.45, 2.75) is 25.8 Å². The predicted octanol–water partition coefficient (Wildman–Crippen LogP) is 3.63. The Morgan fingerprint density at radius 1 is 1.18 bits per heavy atom. The zero-order chi connectivity index (χ0) is 19.7. The highest BCUT2D eigenvalue weighted by atomic mass is 16.5. The summed E-state index contributed by atoms with van der Waals surface area (Å²) in [6.07, 6.45) is 0.419. The number of carbonyl (C=O) groups is 1. The van der Waals surface area contributed by atoms with E-state index in [-0.39, 0.29) is 11.8 Å². The summed E-state index contributed by atoms with van der Waals surface area (Å²) in [4.78, 5) is 21.0. The summed E-state index contributed by atoms with van der Waals surface area (Å²) >= 11 is 0. The van der Waals surface area contributed by atoms with Crippen molar-refractivity contribution in [1.82, 2.24) is 15.0 Å². The molecule has 1 fully saturated rings. The second-order valence-corrected chi connectivity index (χ2v) is 7.57. The second kappa shape index (κ2) is 7.46. The summed E-state index contributed by atoms with van der Waals surface area (Å²) in [5, 5.41) is 4.16. The van der Waals surface area contributed by atoms with E-state index < -0.39 is 0 Å². The fourth-order valence-corrected chi connectivity index (χ4v) is 3.56. The van der Waals surface area contributed by atoms with Gasteiger partial charge in [0.15, 0.2) is 5.82 Å². The molecule has 2 heterocycles. The molecule has 0 bridgehead atoms. The van der Waals surface area contributed by atoms with Gasteiger partial charge in [-0.25, -0.2) is 0 Å². The number of aromatic nitrogens is 2. The molecule has 2 aromatic carbocycles. The van der Waals surface area contributed by atoms with Crippen LogP contribution in [-0.2, 0) is 11.3 Å². The molecule has 1 unspecified atom stereocenters. The van der Waals surface area contributed by atoms with Crippen molar-refractivity contribution >= 4 is 11.6 Å². The van der Waals surface area contributed by atoms with Crippen LogP contribution in [0.2, 0.25) is 0 Å². The highest BCUT2D eigenvalue weighted by Crippen LogP contribution is 2.30. The highest BCUT2D eigenvalue weighted by Gasteiger charge is 2.33. The van der Waals surface area contributed by atoms with Crippen LogP contribution in [0.25, 0.3) is 11.5 Å². The smallest absolute Gasteiger partial charge is 0.258 e. The number of amides is 1. The van der Waals surface area contributed by atoms with E-state index >= 15 is 0 Å². The number of rotatable bonds is 5. The normalized spacial score (nSPS) is 16.6. The molecule has 1 aromatic heterocycles. The SMILES string of the molecule is Cc1cccc(CN2CC(c3noc(-c4cccc(N(C)C)c4)n3)CC2=O)c1. The molecular formula is C22H24N4O2. The lowest BCUT2D eigenvalue weighted by Crippen LogP contribution is -2.24. The minimum Gasteiger partial charge on any atom is -0.378 e. The van der Waals surface area contributed by atoms with Gasteiger partial charge in [0.05, 0.1) is 0 Å². The summed E-state index contributed by atoms with van der Waals surface area (Å²) in [5.74, 6) is 1.19. The van der Waals surface area contributed by atoms with Crippen LogP contribution in [0.5, 0.6) is 0 Å². The molecule has 3 aromatic rings. The summed E-state index contributed by atoms with van der Waals surface area (Å²) in [6.45, 7) is 3.29. The molecule has 1 amide bonds. The van der Waals surface area contributed by atoms with Crippen LogP contribution in [0.1, 0.15) is 29.3 Å². The molecule has 0 spiro atoms. The first-order valence-electron chi connectivity index (χ1n) is 9.44. The molecule has 0 radical (unpaired) electrons. The Bertz CT molecular complexity index is 995. The number of nitrogens with zero attached hydrogens (tertiary/aromatic N) is 4. The van der Waals surface area contributed by atoms with Gasteiger partial charge in [0.25, 0.3) is 5.89 Å². The van der Waals surface area contributed by atoms with Crippen LogP contribution in [0.3, 0.4) is 0 Å². The van der Waals surface area contributed by atoms with Gasteiger partial charge in [-0.3, -0.25) is 4.79 Å². The van der Waals surface area contributed by atoms with E-state index in [2.05, 4.69) is 35.3 Å². The first-order chi connectivity index (χ1) is 13.5. The third-order valence-electron chi connectivity index (χ3n) is 5.09. The average molecular weight is 376 g/mol. The molecule has 0 saturated carbocycles. The summed E-state index contributed by atoms with van der Waals surface area (Å²) in [7, 11) is 3.98. The number of likely N-dealkylation sites (tertiary alicyclic amines) is 1. The number of hydrogen-bond donors (Lipinski definition) is 0. The van der Waals surface area contributed by atoms with Crippen LogP contribution in [0.15, 0.2) is 53.1 Å². The fourth-order valence-electron chi connectivity index (χ4n) is 3.56. The number of hydrogen-bond acceptors (Lipinski definition) is 5. The lowest BCUT2D eigenvalue weighted by Gasteiger charge is -2.16. The van der Waals surface area contributed by atoms with E-state index in [1.54, 1.807) is 0 Å². The molecule has 1 saturated heterocycles. The van der Waals surface area contributed by atoms with Crippen molar-refractivity contribution in [3.05, 3.63) is 65.5 Å². The molecule has 0 N–H and O–H groups in total. The van der Waals surface area contributed by atoms with E-state index in [1.165, 1.54) is 5.56 Å². The minimum atomic E-state index is -0.0353. The van der Waals surface area contributed by atoms with Gasteiger partial charge in [-0.1, -0.05) is 41.1 Å². The Kier molecular flexibility index (Phi) is 4.86. The maximum atomic E-state index is 12.5. The zero-order valence-electron chi connectivity index (χ0n) is 16.4. The second-order valence-electron chi connectivity index (χ2n) is 7.57. The van der Waals surface area contributed by atoms with Crippen LogP contribution in [0, 0.1) is 6.92 Å². The molecule has 144 valence electrons. The van der Waals surface area contributed by atoms with Gasteiger partial charge in [0.2, 0.25) is 5.91 Å². The molecule has 6 nitrogen and oxygen atoms in total. The summed E-state index contributed by atoms with van der Waals surface area (Å²) in [5.41, 5.74) is 4.29. The first kappa shape index (κ1) is 18.2. The van der Waals surface area contributed by atoms with Crippen molar-refractivity contribution in [1.29, 1.82) is 0 Å². The maximum Gasteiger partial charge on any atom is 0.258 e. The monoisotopic (exact) mass is 376 g/mol. The van der Waals surface area contributed by atoms with Gasteiger partial charge in [-0.2, -0.15) is 4.98 Å². The van der Waals surface area contributed by atoms with Crippen LogP contribution >= 0.6 is 0 Å². The quantitative estimate of drug-likeness (QED) is 0.680. The van der Waals surface area contributed by atoms with E-state index in [4.69, 9.17) is 4.52 Å². The Hall–Kier alpha value is -3.15. The summed E-state index contributed by atoms with van der Waals surface area (Å²) in [6, 6.07) is 16.2. The topological polar surface area (TPSA) is 62.5 Å². The van der Waals surface area contributed by atoms with E-state index in [0.29, 0.717) is 31.2 Å². The molecular weight excluding hydrogens is 352 g/mol. The predicted molar refractivity (Wildman–Crippen MR) is 108 cm³/mol. The Balaban J connectivity index is 1.49. The van der Waals surface area contributed by atoms with Gasteiger partial charge in [-0.15, -0.1) is 0 Å². The third-order valence-corrected chi connectivity index (χ3v) is 5.09. The van der Waals surface area contributed by atoms with Crippen molar-refractivity contribution in [2.75, 3.05) is 25.5 Å². The van der Waals surface area contributed by atoms with Crippen LogP contribution in [0.4, 0.5) is 5.69 Å². The Morgan fingerprint density at radius 3 is 2.79 bits per heavy atom. The van der Waals surface area contributed by atoms with Gasteiger partial charge < -0.3 is 14.3 Å². The maximum absolute atomic E-state index is 12.5. The molecule has 6 heteroatoms. The standard InChI is InChI=1S/C22H24N4O2/c1-15-6-4-7-16(10-15)13-26-14-18(12-20(26)27)21-23-22(28-24-21)17-8-5-9-19(11-17)25(2)3/h4-11,18H,12-14H2,1-3H3. The molecule has 4 rings (SSSR count). The average Bonchev–Trinajstić information content (AvgIpc) is 3.29. The summed E-state index contributed by atoms with van der Waals surface area (Å²) < 4.78 is 5.49. The number of carbonyl (C=O) groups excluding carboxylic acids is 1. The zero-order valence-corrected chi connectivity index (χ0v) is 16.4. The Labute approximate surface area is 164 Å². The largest absolute Gasteiger partial charge is 0.378 e. The van der Waals surface area contributed by atoms with Crippen LogP contribution in [-0.4, -0.2) is 41.6 Å². The fraction of sp³-hybridized carbons (Fsp3) is 0.318.